The van der Waals surface area contributed by atoms with E-state index in [-0.39, 0.29) is 24.5 Å². The van der Waals surface area contributed by atoms with Gasteiger partial charge in [-0.2, -0.15) is 0 Å². The molecule has 0 radical (unpaired) electrons. The van der Waals surface area contributed by atoms with E-state index in [1.165, 1.54) is 4.90 Å². The van der Waals surface area contributed by atoms with Gasteiger partial charge >= 0.3 is 6.03 Å². The van der Waals surface area contributed by atoms with Crippen molar-refractivity contribution in [2.45, 2.75) is 31.8 Å². The summed E-state index contributed by atoms with van der Waals surface area (Å²) in [6.45, 7) is 3.81. The van der Waals surface area contributed by atoms with Crippen LogP contribution in [-0.2, 0) is 4.79 Å². The average molecular weight is 261 g/mol. The number of hydrogen-bond acceptors (Lipinski definition) is 3. The van der Waals surface area contributed by atoms with E-state index in [2.05, 4.69) is 5.32 Å². The molecule has 0 spiro atoms. The first kappa shape index (κ1) is 13.5. The molecule has 1 heterocycles. The van der Waals surface area contributed by atoms with Gasteiger partial charge in [0.1, 0.15) is 5.54 Å². The van der Waals surface area contributed by atoms with Crippen LogP contribution in [0.3, 0.4) is 0 Å². The number of nitrogens with zero attached hydrogens (tertiary/aromatic N) is 1. The molecule has 0 aliphatic carbocycles. The normalized spacial score (nSPS) is 24.5. The Labute approximate surface area is 112 Å². The van der Waals surface area contributed by atoms with Crippen LogP contribution in [0.15, 0.2) is 30.3 Å². The number of urea groups is 1. The zero-order chi connectivity index (χ0) is 14.0. The summed E-state index contributed by atoms with van der Waals surface area (Å²) in [5, 5.41) is 2.72. The molecule has 1 aliphatic heterocycles. The molecule has 102 valence electrons. The molecule has 1 aliphatic rings. The van der Waals surface area contributed by atoms with Gasteiger partial charge in [-0.3, -0.25) is 9.69 Å². The number of nitrogens with one attached hydrogen (secondary N) is 1. The van der Waals surface area contributed by atoms with E-state index < -0.39 is 5.54 Å². The van der Waals surface area contributed by atoms with Gasteiger partial charge in [0.15, 0.2) is 0 Å². The smallest absolute Gasteiger partial charge is 0.323 e. The van der Waals surface area contributed by atoms with Crippen LogP contribution in [0.5, 0.6) is 0 Å². The maximum Gasteiger partial charge on any atom is 0.325 e. The van der Waals surface area contributed by atoms with Crippen molar-refractivity contribution in [2.24, 2.45) is 5.73 Å². The number of carbonyl (C=O) groups is 2. The fourth-order valence-electron chi connectivity index (χ4n) is 2.15. The van der Waals surface area contributed by atoms with Gasteiger partial charge < -0.3 is 11.1 Å². The second kappa shape index (κ2) is 5.01. The molecule has 0 bridgehead atoms. The first-order valence-corrected chi connectivity index (χ1v) is 6.42. The van der Waals surface area contributed by atoms with E-state index >= 15 is 0 Å². The van der Waals surface area contributed by atoms with Gasteiger partial charge in [-0.25, -0.2) is 4.79 Å². The SMILES string of the molecule is CCC1(C)NC(=O)N(CC(N)c2ccccc2)C1=O. The lowest BCUT2D eigenvalue weighted by molar-refractivity contribution is -0.131. The zero-order valence-electron chi connectivity index (χ0n) is 11.2. The monoisotopic (exact) mass is 261 g/mol. The lowest BCUT2D eigenvalue weighted by atomic mass is 9.99. The molecule has 1 saturated heterocycles. The van der Waals surface area contributed by atoms with Gasteiger partial charge in [-0.05, 0) is 18.9 Å². The molecule has 5 nitrogen and oxygen atoms in total. The van der Waals surface area contributed by atoms with Crippen molar-refractivity contribution in [3.8, 4) is 0 Å². The van der Waals surface area contributed by atoms with Crippen LogP contribution in [0.2, 0.25) is 0 Å². The summed E-state index contributed by atoms with van der Waals surface area (Å²) in [7, 11) is 0. The molecule has 3 amide bonds. The van der Waals surface area contributed by atoms with Crippen molar-refractivity contribution in [2.75, 3.05) is 6.54 Å². The highest BCUT2D eigenvalue weighted by Crippen LogP contribution is 2.22. The van der Waals surface area contributed by atoms with E-state index in [1.807, 2.05) is 37.3 Å². The van der Waals surface area contributed by atoms with E-state index in [0.717, 1.165) is 5.56 Å². The Bertz CT molecular complexity index is 489. The van der Waals surface area contributed by atoms with E-state index in [0.29, 0.717) is 6.42 Å². The highest BCUT2D eigenvalue weighted by atomic mass is 16.2. The van der Waals surface area contributed by atoms with Crippen LogP contribution in [0, 0.1) is 0 Å². The summed E-state index contributed by atoms with van der Waals surface area (Å²) in [4.78, 5) is 25.3. The van der Waals surface area contributed by atoms with Gasteiger partial charge in [0.25, 0.3) is 5.91 Å². The molecule has 2 unspecified atom stereocenters. The minimum atomic E-state index is -0.798. The lowest BCUT2D eigenvalue weighted by Gasteiger charge is -2.21. The third-order valence-corrected chi connectivity index (χ3v) is 3.66. The standard InChI is InChI=1S/C14H19N3O2/c1-3-14(2)12(18)17(13(19)16-14)9-11(15)10-7-5-4-6-8-10/h4-8,11H,3,9,15H2,1-2H3,(H,16,19). The van der Waals surface area contributed by atoms with Crippen LogP contribution in [0.25, 0.3) is 0 Å². The van der Waals surface area contributed by atoms with Crippen molar-refractivity contribution in [1.82, 2.24) is 10.2 Å². The van der Waals surface area contributed by atoms with E-state index in [1.54, 1.807) is 6.92 Å². The van der Waals surface area contributed by atoms with Crippen molar-refractivity contribution in [1.29, 1.82) is 0 Å². The van der Waals surface area contributed by atoms with Gasteiger partial charge in [0.05, 0.1) is 0 Å². The molecule has 0 saturated carbocycles. The molecule has 5 heteroatoms. The van der Waals surface area contributed by atoms with Gasteiger partial charge in [0.2, 0.25) is 0 Å². The zero-order valence-corrected chi connectivity index (χ0v) is 11.2. The Balaban J connectivity index is 2.12. The van der Waals surface area contributed by atoms with Crippen molar-refractivity contribution in [3.05, 3.63) is 35.9 Å². The van der Waals surface area contributed by atoms with Crippen molar-refractivity contribution in [3.63, 3.8) is 0 Å². The summed E-state index contributed by atoms with van der Waals surface area (Å²) < 4.78 is 0. The maximum atomic E-state index is 12.2. The minimum absolute atomic E-state index is 0.199. The fraction of sp³-hybridized carbons (Fsp3) is 0.429. The van der Waals surface area contributed by atoms with Crippen LogP contribution < -0.4 is 11.1 Å². The maximum absolute atomic E-state index is 12.2. The molecular weight excluding hydrogens is 242 g/mol. The number of hydrogen-bond donors (Lipinski definition) is 2. The van der Waals surface area contributed by atoms with E-state index in [9.17, 15) is 9.59 Å². The number of nitrogens with two attached hydrogens (primary N) is 1. The van der Waals surface area contributed by atoms with Crippen LogP contribution >= 0.6 is 0 Å². The number of amides is 3. The number of carbonyl (C=O) groups excluding carboxylic acids is 2. The molecule has 0 aromatic heterocycles. The largest absolute Gasteiger partial charge is 0.325 e. The first-order valence-electron chi connectivity index (χ1n) is 6.42. The van der Waals surface area contributed by atoms with Crippen molar-refractivity contribution < 1.29 is 9.59 Å². The van der Waals surface area contributed by atoms with Gasteiger partial charge in [0, 0.05) is 12.6 Å². The number of rotatable bonds is 4. The Morgan fingerprint density at radius 1 is 1.32 bits per heavy atom. The molecular formula is C14H19N3O2. The Morgan fingerprint density at radius 3 is 2.47 bits per heavy atom. The van der Waals surface area contributed by atoms with Crippen molar-refractivity contribution >= 4 is 11.9 Å². The summed E-state index contributed by atoms with van der Waals surface area (Å²) >= 11 is 0. The first-order chi connectivity index (χ1) is 8.98. The van der Waals surface area contributed by atoms with Gasteiger partial charge in [-0.1, -0.05) is 37.3 Å². The molecule has 1 aromatic rings. The second-order valence-electron chi connectivity index (χ2n) is 5.05. The lowest BCUT2D eigenvalue weighted by Crippen LogP contribution is -2.43. The Kier molecular flexibility index (Phi) is 3.57. The number of benzene rings is 1. The Hall–Kier alpha value is -1.88. The molecule has 1 aromatic carbocycles. The highest BCUT2D eigenvalue weighted by Gasteiger charge is 2.46. The quantitative estimate of drug-likeness (QED) is 0.805. The summed E-state index contributed by atoms with van der Waals surface area (Å²) in [5.74, 6) is -0.202. The predicted molar refractivity (Wildman–Crippen MR) is 72.3 cm³/mol. The van der Waals surface area contributed by atoms with Gasteiger partial charge in [-0.15, -0.1) is 0 Å². The third kappa shape index (κ3) is 2.46. The molecule has 2 atom stereocenters. The van der Waals surface area contributed by atoms with E-state index in [4.69, 9.17) is 5.73 Å². The Morgan fingerprint density at radius 2 is 1.95 bits per heavy atom. The third-order valence-electron chi connectivity index (χ3n) is 3.66. The fourth-order valence-corrected chi connectivity index (χ4v) is 2.15. The molecule has 3 N–H and O–H groups in total. The second-order valence-corrected chi connectivity index (χ2v) is 5.05. The summed E-state index contributed by atoms with van der Waals surface area (Å²) in [5.41, 5.74) is 6.17. The summed E-state index contributed by atoms with van der Waals surface area (Å²) in [6.07, 6.45) is 0.564. The van der Waals surface area contributed by atoms with Crippen LogP contribution in [-0.4, -0.2) is 28.9 Å². The highest BCUT2D eigenvalue weighted by molar-refractivity contribution is 6.06. The van der Waals surface area contributed by atoms with Crippen LogP contribution in [0.4, 0.5) is 4.79 Å². The molecule has 19 heavy (non-hydrogen) atoms. The summed E-state index contributed by atoms with van der Waals surface area (Å²) in [6, 6.07) is 8.73. The molecule has 1 fully saturated rings. The van der Waals surface area contributed by atoms with Crippen LogP contribution in [0.1, 0.15) is 31.9 Å². The minimum Gasteiger partial charge on any atom is -0.323 e. The number of imide groups is 1. The predicted octanol–water partition coefficient (Wildman–Crippen LogP) is 1.41. The molecule has 2 rings (SSSR count). The average Bonchev–Trinajstić information content (AvgIpc) is 2.64. The topological polar surface area (TPSA) is 75.4 Å².